The third kappa shape index (κ3) is 11.2. The van der Waals surface area contributed by atoms with Crippen molar-refractivity contribution in [1.82, 2.24) is 0 Å². The Labute approximate surface area is 107 Å². The molecule has 0 aliphatic carbocycles. The summed E-state index contributed by atoms with van der Waals surface area (Å²) >= 11 is 7.53. The van der Waals surface area contributed by atoms with Crippen LogP contribution in [0.1, 0.15) is 32.6 Å². The van der Waals surface area contributed by atoms with Crippen LogP contribution >= 0.6 is 36.2 Å². The smallest absolute Gasteiger partial charge is 0.171 e. The summed E-state index contributed by atoms with van der Waals surface area (Å²) in [5.41, 5.74) is 0. The van der Waals surface area contributed by atoms with Gasteiger partial charge in [-0.05, 0) is 24.3 Å². The molecule has 0 unspecified atom stereocenters. The molecule has 5 heteroatoms. The van der Waals surface area contributed by atoms with Gasteiger partial charge in [-0.1, -0.05) is 13.3 Å². The first-order valence-electron chi connectivity index (χ1n) is 5.33. The van der Waals surface area contributed by atoms with E-state index in [-0.39, 0.29) is 0 Å². The van der Waals surface area contributed by atoms with Crippen LogP contribution in [0.5, 0.6) is 0 Å². The van der Waals surface area contributed by atoms with Crippen LogP contribution in [0, 0.1) is 0 Å². The molecule has 2 nitrogen and oxygen atoms in total. The minimum absolute atomic E-state index is 0.429. The summed E-state index contributed by atoms with van der Waals surface area (Å²) in [5.74, 6) is 1.07. The van der Waals surface area contributed by atoms with Gasteiger partial charge in [0.2, 0.25) is 0 Å². The molecule has 0 amide bonds. The van der Waals surface area contributed by atoms with E-state index in [0.717, 1.165) is 35.9 Å². The van der Waals surface area contributed by atoms with Crippen molar-refractivity contribution in [2.24, 2.45) is 0 Å². The van der Waals surface area contributed by atoms with Gasteiger partial charge in [0.1, 0.15) is 0 Å². The molecule has 0 aromatic rings. The molecular weight excluding hydrogens is 248 g/mol. The van der Waals surface area contributed by atoms with Crippen molar-refractivity contribution >= 4 is 36.2 Å². The largest absolute Gasteiger partial charge is 0.365 e. The normalized spacial score (nSPS) is 12.0. The average Bonchev–Trinajstić information content (AvgIpc) is 2.20. The Morgan fingerprint density at radius 3 is 2.40 bits per heavy atom. The fraction of sp³-hybridized carbons (Fsp3) is 1.00. The van der Waals surface area contributed by atoms with Crippen LogP contribution in [0.15, 0.2) is 0 Å². The lowest BCUT2D eigenvalue weighted by atomic mass is 10.1. The molecule has 0 atom stereocenters. The van der Waals surface area contributed by atoms with Crippen molar-refractivity contribution in [2.75, 3.05) is 22.3 Å². The summed E-state index contributed by atoms with van der Waals surface area (Å²) in [7, 11) is 0. The number of aliphatic hydroxyl groups is 2. The molecule has 0 aliphatic rings. The molecule has 0 saturated heterocycles. The Hall–Kier alpha value is 0.970. The van der Waals surface area contributed by atoms with Crippen molar-refractivity contribution in [3.8, 4) is 0 Å². The van der Waals surface area contributed by atoms with Crippen molar-refractivity contribution in [1.29, 1.82) is 0 Å². The van der Waals surface area contributed by atoms with Crippen molar-refractivity contribution in [3.63, 3.8) is 0 Å². The molecule has 0 saturated carbocycles. The summed E-state index contributed by atoms with van der Waals surface area (Å²) in [6.45, 7) is 2.05. The number of thioether (sulfide) groups is 2. The zero-order valence-corrected chi connectivity index (χ0v) is 11.8. The van der Waals surface area contributed by atoms with E-state index in [4.69, 9.17) is 0 Å². The van der Waals surface area contributed by atoms with E-state index in [1.165, 1.54) is 0 Å². The predicted molar refractivity (Wildman–Crippen MR) is 74.9 cm³/mol. The molecular formula is C10H22O2S3. The number of hydrogen-bond acceptors (Lipinski definition) is 5. The molecule has 2 N–H and O–H groups in total. The van der Waals surface area contributed by atoms with Crippen molar-refractivity contribution in [3.05, 3.63) is 0 Å². The number of hydrogen-bond donors (Lipinski definition) is 3. The Morgan fingerprint density at radius 2 is 1.80 bits per heavy atom. The van der Waals surface area contributed by atoms with Gasteiger partial charge in [-0.2, -0.15) is 36.2 Å². The number of thiol groups is 1. The van der Waals surface area contributed by atoms with Crippen LogP contribution in [0.25, 0.3) is 0 Å². The molecule has 0 fully saturated rings. The summed E-state index contributed by atoms with van der Waals surface area (Å²) in [5, 5.41) is 20.0. The summed E-state index contributed by atoms with van der Waals surface area (Å²) in [6.07, 6.45) is 3.48. The van der Waals surface area contributed by atoms with Gasteiger partial charge >= 0.3 is 0 Å². The fourth-order valence-corrected chi connectivity index (χ4v) is 3.11. The number of rotatable bonds is 10. The first-order valence-corrected chi connectivity index (χ1v) is 8.27. The lowest BCUT2D eigenvalue weighted by Gasteiger charge is -2.20. The summed E-state index contributed by atoms with van der Waals surface area (Å²) in [6, 6.07) is 0. The van der Waals surface area contributed by atoms with E-state index in [2.05, 4.69) is 19.6 Å². The first-order chi connectivity index (χ1) is 7.12. The molecule has 0 aromatic heterocycles. The Bertz CT molecular complexity index is 143. The van der Waals surface area contributed by atoms with E-state index < -0.39 is 5.79 Å². The minimum atomic E-state index is -1.46. The zero-order valence-electron chi connectivity index (χ0n) is 9.31. The molecule has 0 spiro atoms. The minimum Gasteiger partial charge on any atom is -0.365 e. The summed E-state index contributed by atoms with van der Waals surface area (Å²) < 4.78 is 0. The van der Waals surface area contributed by atoms with Crippen molar-refractivity contribution < 1.29 is 10.2 Å². The second-order valence-electron chi connectivity index (χ2n) is 3.53. The SMILES string of the molecule is CCCCC(O)(O)CSCCCSCS. The zero-order chi connectivity index (χ0) is 11.6. The van der Waals surface area contributed by atoms with Crippen LogP contribution in [0.2, 0.25) is 0 Å². The van der Waals surface area contributed by atoms with Crippen LogP contribution < -0.4 is 0 Å². The molecule has 0 aromatic carbocycles. The monoisotopic (exact) mass is 270 g/mol. The van der Waals surface area contributed by atoms with Gasteiger partial charge in [-0.25, -0.2) is 0 Å². The maximum atomic E-state index is 9.57. The molecule has 0 bridgehead atoms. The molecule has 0 radical (unpaired) electrons. The average molecular weight is 270 g/mol. The van der Waals surface area contributed by atoms with Gasteiger partial charge in [-0.3, -0.25) is 0 Å². The molecule has 15 heavy (non-hydrogen) atoms. The fourth-order valence-electron chi connectivity index (χ4n) is 1.10. The van der Waals surface area contributed by atoms with Crippen LogP contribution in [-0.2, 0) is 0 Å². The van der Waals surface area contributed by atoms with Crippen LogP contribution in [-0.4, -0.2) is 38.3 Å². The summed E-state index contributed by atoms with van der Waals surface area (Å²) in [4.78, 5) is 0. The lowest BCUT2D eigenvalue weighted by Crippen LogP contribution is -2.31. The highest BCUT2D eigenvalue weighted by molar-refractivity contribution is 8.09. The molecule has 0 rings (SSSR count). The quantitative estimate of drug-likeness (QED) is 0.324. The molecule has 92 valence electrons. The number of unbranched alkanes of at least 4 members (excludes halogenated alkanes) is 1. The Kier molecular flexibility index (Phi) is 10.8. The van der Waals surface area contributed by atoms with Gasteiger partial charge in [0.25, 0.3) is 0 Å². The second-order valence-corrected chi connectivity index (χ2v) is 6.48. The topological polar surface area (TPSA) is 40.5 Å². The molecule has 0 aliphatic heterocycles. The maximum absolute atomic E-state index is 9.57. The van der Waals surface area contributed by atoms with E-state index in [0.29, 0.717) is 12.2 Å². The maximum Gasteiger partial charge on any atom is 0.171 e. The van der Waals surface area contributed by atoms with E-state index in [1.54, 1.807) is 23.5 Å². The Balaban J connectivity index is 3.32. The van der Waals surface area contributed by atoms with Gasteiger partial charge in [0.05, 0.1) is 0 Å². The highest BCUT2D eigenvalue weighted by Crippen LogP contribution is 2.18. The first kappa shape index (κ1) is 16.0. The third-order valence-corrected chi connectivity index (χ3v) is 4.48. The third-order valence-electron chi connectivity index (χ3n) is 1.93. The molecule has 0 heterocycles. The second kappa shape index (κ2) is 10.1. The van der Waals surface area contributed by atoms with E-state index in [1.807, 2.05) is 0 Å². The lowest BCUT2D eigenvalue weighted by molar-refractivity contribution is -0.145. The van der Waals surface area contributed by atoms with Gasteiger partial charge in [0, 0.05) is 17.3 Å². The van der Waals surface area contributed by atoms with Crippen LogP contribution in [0.4, 0.5) is 0 Å². The van der Waals surface area contributed by atoms with Gasteiger partial charge < -0.3 is 10.2 Å². The predicted octanol–water partition coefficient (Wildman–Crippen LogP) is 2.60. The highest BCUT2D eigenvalue weighted by Gasteiger charge is 2.21. The van der Waals surface area contributed by atoms with Gasteiger partial charge in [-0.15, -0.1) is 0 Å². The van der Waals surface area contributed by atoms with E-state index >= 15 is 0 Å². The van der Waals surface area contributed by atoms with Crippen LogP contribution in [0.3, 0.4) is 0 Å². The Morgan fingerprint density at radius 1 is 1.13 bits per heavy atom. The van der Waals surface area contributed by atoms with Crippen molar-refractivity contribution in [2.45, 2.75) is 38.4 Å². The standard InChI is InChI=1S/C10H22O2S3/c1-2-3-5-10(11,12)8-14-6-4-7-15-9-13/h11-13H,2-9H2,1H3. The highest BCUT2D eigenvalue weighted by atomic mass is 32.2. The van der Waals surface area contributed by atoms with Gasteiger partial charge in [0.15, 0.2) is 5.79 Å². The van der Waals surface area contributed by atoms with E-state index in [9.17, 15) is 10.2 Å².